The molecule has 114 valence electrons. The van der Waals surface area contributed by atoms with E-state index in [1.54, 1.807) is 0 Å². The van der Waals surface area contributed by atoms with E-state index in [-0.39, 0.29) is 0 Å². The van der Waals surface area contributed by atoms with E-state index in [4.69, 9.17) is 4.98 Å². The minimum atomic E-state index is 0.392. The highest BCUT2D eigenvalue weighted by atomic mass is 79.9. The second-order valence-corrected chi connectivity index (χ2v) is 7.50. The molecule has 1 aromatic heterocycles. The van der Waals surface area contributed by atoms with Crippen LogP contribution in [0.2, 0.25) is 0 Å². The Morgan fingerprint density at radius 3 is 2.45 bits per heavy atom. The van der Waals surface area contributed by atoms with Crippen LogP contribution in [-0.2, 0) is 5.75 Å². The van der Waals surface area contributed by atoms with Gasteiger partial charge in [-0.1, -0.05) is 34.6 Å². The van der Waals surface area contributed by atoms with Crippen molar-refractivity contribution >= 4 is 33.5 Å². The van der Waals surface area contributed by atoms with E-state index in [0.717, 1.165) is 46.3 Å². The van der Waals surface area contributed by atoms with E-state index in [9.17, 15) is 0 Å². The van der Waals surface area contributed by atoms with Crippen molar-refractivity contribution in [2.45, 2.75) is 52.7 Å². The van der Waals surface area contributed by atoms with Gasteiger partial charge in [-0.25, -0.2) is 9.97 Å². The van der Waals surface area contributed by atoms with Crippen molar-refractivity contribution in [2.24, 2.45) is 5.92 Å². The first-order valence-corrected chi connectivity index (χ1v) is 9.28. The maximum Gasteiger partial charge on any atom is 0.144 e. The summed E-state index contributed by atoms with van der Waals surface area (Å²) in [6, 6.07) is 0. The highest BCUT2D eigenvalue weighted by molar-refractivity contribution is 9.10. The predicted octanol–water partition coefficient (Wildman–Crippen LogP) is 5.07. The Labute approximate surface area is 135 Å². The number of hydrogen-bond donors (Lipinski definition) is 1. The van der Waals surface area contributed by atoms with Crippen LogP contribution in [0.1, 0.15) is 58.5 Å². The molecular weight excluding hydrogens is 334 g/mol. The number of nitrogens with one attached hydrogen (secondary N) is 1. The van der Waals surface area contributed by atoms with Crippen molar-refractivity contribution in [3.05, 3.63) is 16.0 Å². The zero-order valence-electron chi connectivity index (χ0n) is 13.2. The van der Waals surface area contributed by atoms with Crippen LogP contribution >= 0.6 is 27.7 Å². The van der Waals surface area contributed by atoms with Crippen molar-refractivity contribution in [3.8, 4) is 0 Å². The van der Waals surface area contributed by atoms with Crippen molar-refractivity contribution in [2.75, 3.05) is 17.6 Å². The molecule has 1 aromatic rings. The lowest BCUT2D eigenvalue weighted by Gasteiger charge is -2.15. The summed E-state index contributed by atoms with van der Waals surface area (Å²) >= 11 is 5.55. The molecular formula is C15H26BrN3S. The molecule has 0 spiro atoms. The van der Waals surface area contributed by atoms with Gasteiger partial charge in [0.1, 0.15) is 11.6 Å². The monoisotopic (exact) mass is 359 g/mol. The summed E-state index contributed by atoms with van der Waals surface area (Å²) in [6.45, 7) is 11.9. The van der Waals surface area contributed by atoms with E-state index < -0.39 is 0 Å². The third-order valence-electron chi connectivity index (χ3n) is 2.69. The number of rotatable bonds is 8. The number of thioether (sulfide) groups is 1. The van der Waals surface area contributed by atoms with Crippen molar-refractivity contribution in [1.29, 1.82) is 0 Å². The van der Waals surface area contributed by atoms with Gasteiger partial charge in [0, 0.05) is 6.54 Å². The van der Waals surface area contributed by atoms with Crippen LogP contribution in [0.25, 0.3) is 0 Å². The fourth-order valence-corrected chi connectivity index (χ4v) is 3.38. The summed E-state index contributed by atoms with van der Waals surface area (Å²) in [6.07, 6.45) is 1.09. The first-order valence-electron chi connectivity index (χ1n) is 7.33. The molecule has 0 saturated carbocycles. The smallest absolute Gasteiger partial charge is 0.144 e. The lowest BCUT2D eigenvalue weighted by atomic mass is 10.1. The molecule has 0 unspecified atom stereocenters. The van der Waals surface area contributed by atoms with E-state index in [1.165, 1.54) is 0 Å². The number of nitrogens with zero attached hydrogens (tertiary/aromatic N) is 2. The molecule has 3 nitrogen and oxygen atoms in total. The largest absolute Gasteiger partial charge is 0.369 e. The first kappa shape index (κ1) is 17.8. The summed E-state index contributed by atoms with van der Waals surface area (Å²) in [5.41, 5.74) is 1.10. The Kier molecular flexibility index (Phi) is 7.88. The van der Waals surface area contributed by atoms with Crippen molar-refractivity contribution < 1.29 is 0 Å². The zero-order chi connectivity index (χ0) is 15.1. The number of anilines is 1. The fraction of sp³-hybridized carbons (Fsp3) is 0.733. The van der Waals surface area contributed by atoms with E-state index >= 15 is 0 Å². The Morgan fingerprint density at radius 1 is 1.20 bits per heavy atom. The average molecular weight is 360 g/mol. The highest BCUT2D eigenvalue weighted by Crippen LogP contribution is 2.29. The molecule has 0 amide bonds. The predicted molar refractivity (Wildman–Crippen MR) is 93.6 cm³/mol. The normalized spacial score (nSPS) is 11.4. The summed E-state index contributed by atoms with van der Waals surface area (Å²) in [5.74, 6) is 4.99. The molecule has 0 aliphatic rings. The van der Waals surface area contributed by atoms with Gasteiger partial charge >= 0.3 is 0 Å². The van der Waals surface area contributed by atoms with Crippen molar-refractivity contribution in [1.82, 2.24) is 9.97 Å². The van der Waals surface area contributed by atoms with Gasteiger partial charge in [-0.3, -0.25) is 0 Å². The molecule has 1 heterocycles. The van der Waals surface area contributed by atoms with Crippen LogP contribution in [-0.4, -0.2) is 22.3 Å². The van der Waals surface area contributed by atoms with Gasteiger partial charge in [0.15, 0.2) is 0 Å². The van der Waals surface area contributed by atoms with Gasteiger partial charge in [-0.2, -0.15) is 11.8 Å². The van der Waals surface area contributed by atoms with Gasteiger partial charge in [-0.15, -0.1) is 0 Å². The Balaban J connectivity index is 2.90. The lowest BCUT2D eigenvalue weighted by Crippen LogP contribution is -2.09. The Morgan fingerprint density at radius 2 is 1.90 bits per heavy atom. The summed E-state index contributed by atoms with van der Waals surface area (Å²) < 4.78 is 1.01. The number of halogens is 1. The molecule has 0 atom stereocenters. The maximum atomic E-state index is 4.72. The molecule has 0 fully saturated rings. The zero-order valence-corrected chi connectivity index (χ0v) is 15.6. The summed E-state index contributed by atoms with van der Waals surface area (Å²) in [5, 5.41) is 3.39. The van der Waals surface area contributed by atoms with Crippen LogP contribution in [0.5, 0.6) is 0 Å². The molecule has 20 heavy (non-hydrogen) atoms. The third-order valence-corrected chi connectivity index (χ3v) is 4.84. The standard InChI is InChI=1S/C15H26BrN3S/c1-6-7-17-15-13(16)14(11(4)5)18-12(19-15)9-20-8-10(2)3/h10-11H,6-9H2,1-5H3,(H,17,18,19). The van der Waals surface area contributed by atoms with Crippen LogP contribution in [0.4, 0.5) is 5.82 Å². The van der Waals surface area contributed by atoms with Crippen LogP contribution < -0.4 is 5.32 Å². The second kappa shape index (κ2) is 8.88. The Hall–Kier alpha value is -0.290. The molecule has 0 aromatic carbocycles. The van der Waals surface area contributed by atoms with Gasteiger partial charge in [0.05, 0.1) is 15.9 Å². The molecule has 0 aliphatic carbocycles. The Bertz CT molecular complexity index is 422. The molecule has 5 heteroatoms. The summed E-state index contributed by atoms with van der Waals surface area (Å²) in [7, 11) is 0. The SMILES string of the molecule is CCCNc1nc(CSCC(C)C)nc(C(C)C)c1Br. The average Bonchev–Trinajstić information content (AvgIpc) is 2.38. The molecule has 0 saturated heterocycles. The fourth-order valence-electron chi connectivity index (χ4n) is 1.71. The van der Waals surface area contributed by atoms with E-state index in [0.29, 0.717) is 11.8 Å². The molecule has 1 N–H and O–H groups in total. The van der Waals surface area contributed by atoms with Crippen LogP contribution in [0, 0.1) is 5.92 Å². The second-order valence-electron chi connectivity index (χ2n) is 5.68. The van der Waals surface area contributed by atoms with Gasteiger partial charge < -0.3 is 5.32 Å². The molecule has 0 bridgehead atoms. The van der Waals surface area contributed by atoms with E-state index in [1.807, 2.05) is 11.8 Å². The lowest BCUT2D eigenvalue weighted by molar-refractivity contribution is 0.749. The first-order chi connectivity index (χ1) is 9.45. The topological polar surface area (TPSA) is 37.8 Å². The minimum Gasteiger partial charge on any atom is -0.369 e. The van der Waals surface area contributed by atoms with Crippen LogP contribution in [0.3, 0.4) is 0 Å². The molecule has 1 rings (SSSR count). The van der Waals surface area contributed by atoms with Gasteiger partial charge in [0.2, 0.25) is 0 Å². The van der Waals surface area contributed by atoms with Crippen LogP contribution in [0.15, 0.2) is 4.47 Å². The molecule has 0 aliphatic heterocycles. The van der Waals surface area contributed by atoms with Crippen molar-refractivity contribution in [3.63, 3.8) is 0 Å². The summed E-state index contributed by atoms with van der Waals surface area (Å²) in [4.78, 5) is 9.38. The quantitative estimate of drug-likeness (QED) is 0.702. The number of aromatic nitrogens is 2. The molecule has 0 radical (unpaired) electrons. The van der Waals surface area contributed by atoms with E-state index in [2.05, 4.69) is 60.8 Å². The number of hydrogen-bond acceptors (Lipinski definition) is 4. The maximum absolute atomic E-state index is 4.72. The van der Waals surface area contributed by atoms with Gasteiger partial charge in [-0.05, 0) is 39.9 Å². The third kappa shape index (κ3) is 5.60. The van der Waals surface area contributed by atoms with Gasteiger partial charge in [0.25, 0.3) is 0 Å². The highest BCUT2D eigenvalue weighted by Gasteiger charge is 2.14. The minimum absolute atomic E-state index is 0.392.